The number of carbonyl (C=O) groups is 1. The van der Waals surface area contributed by atoms with Crippen LogP contribution in [0, 0.1) is 0 Å². The molecule has 0 saturated heterocycles. The summed E-state index contributed by atoms with van der Waals surface area (Å²) in [6, 6.07) is 6.65. The highest BCUT2D eigenvalue weighted by Gasteiger charge is 2.32. The largest absolute Gasteiger partial charge is 0.489 e. The lowest BCUT2D eigenvalue weighted by Crippen LogP contribution is -2.08. The maximum atomic E-state index is 12.7. The molecule has 0 aliphatic heterocycles. The van der Waals surface area contributed by atoms with E-state index in [2.05, 4.69) is 0 Å². The fourth-order valence-corrected chi connectivity index (χ4v) is 1.94. The molecule has 0 aliphatic rings. The first kappa shape index (κ1) is 17.8. The van der Waals surface area contributed by atoms with Crippen LogP contribution < -0.4 is 4.74 Å². The van der Waals surface area contributed by atoms with Gasteiger partial charge >= 0.3 is 12.4 Å². The summed E-state index contributed by atoms with van der Waals surface area (Å²) in [5.41, 5.74) is -2.08. The van der Waals surface area contributed by atoms with Crippen LogP contribution in [0.15, 0.2) is 42.5 Å². The van der Waals surface area contributed by atoms with E-state index in [0.717, 1.165) is 18.2 Å². The van der Waals surface area contributed by atoms with Crippen LogP contribution >= 0.6 is 0 Å². The van der Waals surface area contributed by atoms with Gasteiger partial charge in [0.2, 0.25) is 0 Å². The summed E-state index contributed by atoms with van der Waals surface area (Å²) in [7, 11) is 0. The molecule has 0 N–H and O–H groups in total. The second kappa shape index (κ2) is 6.54. The predicted octanol–water partition coefficient (Wildman–Crippen LogP) is 5.12. The summed E-state index contributed by atoms with van der Waals surface area (Å²) < 4.78 is 81.1. The van der Waals surface area contributed by atoms with Crippen molar-refractivity contribution in [3.63, 3.8) is 0 Å². The van der Waals surface area contributed by atoms with E-state index < -0.39 is 23.5 Å². The number of halogens is 6. The van der Waals surface area contributed by atoms with Gasteiger partial charge in [0.25, 0.3) is 0 Å². The van der Waals surface area contributed by atoms with Gasteiger partial charge in [-0.2, -0.15) is 26.3 Å². The predicted molar refractivity (Wildman–Crippen MR) is 72.6 cm³/mol. The van der Waals surface area contributed by atoms with Crippen LogP contribution in [0.3, 0.4) is 0 Å². The molecule has 0 bridgehead atoms. The summed E-state index contributed by atoms with van der Waals surface area (Å²) in [6.45, 7) is -0.372. The first-order valence-corrected chi connectivity index (χ1v) is 6.56. The summed E-state index contributed by atoms with van der Waals surface area (Å²) in [5.74, 6) is -0.260. The summed E-state index contributed by atoms with van der Waals surface area (Å²) >= 11 is 0. The molecule has 0 saturated carbocycles. The molecule has 0 heterocycles. The molecule has 0 radical (unpaired) electrons. The second-order valence-electron chi connectivity index (χ2n) is 4.89. The van der Waals surface area contributed by atoms with E-state index in [1.54, 1.807) is 0 Å². The molecule has 0 atom stereocenters. The number of aldehydes is 1. The molecule has 0 amide bonds. The number of hydrogen-bond acceptors (Lipinski definition) is 2. The normalized spacial score (nSPS) is 12.1. The van der Waals surface area contributed by atoms with Crippen molar-refractivity contribution in [3.8, 4) is 5.75 Å². The first-order chi connectivity index (χ1) is 11.1. The molecule has 128 valence electrons. The van der Waals surface area contributed by atoms with Crippen LogP contribution in [-0.2, 0) is 19.0 Å². The zero-order chi connectivity index (χ0) is 18.0. The van der Waals surface area contributed by atoms with E-state index in [0.29, 0.717) is 12.1 Å². The molecule has 0 aromatic heterocycles. The second-order valence-corrected chi connectivity index (χ2v) is 4.89. The number of rotatable bonds is 4. The number of benzene rings is 2. The van der Waals surface area contributed by atoms with Gasteiger partial charge in [0.05, 0.1) is 11.1 Å². The minimum atomic E-state index is -4.67. The SMILES string of the molecule is O=Cc1cc(OCc2cccc(C(F)(F)F)c2)cc(C(F)(F)F)c1. The van der Waals surface area contributed by atoms with Crippen LogP contribution in [-0.4, -0.2) is 6.29 Å². The van der Waals surface area contributed by atoms with Crippen molar-refractivity contribution >= 4 is 6.29 Å². The molecular formula is C16H10F6O2. The highest BCUT2D eigenvalue weighted by atomic mass is 19.4. The van der Waals surface area contributed by atoms with Crippen molar-refractivity contribution in [2.75, 3.05) is 0 Å². The van der Waals surface area contributed by atoms with Crippen molar-refractivity contribution < 1.29 is 35.9 Å². The molecule has 2 nitrogen and oxygen atoms in total. The summed E-state index contributed by atoms with van der Waals surface area (Å²) in [5, 5.41) is 0. The fraction of sp³-hybridized carbons (Fsp3) is 0.188. The molecule has 0 aliphatic carbocycles. The Labute approximate surface area is 132 Å². The molecule has 0 spiro atoms. The minimum absolute atomic E-state index is 0.134. The van der Waals surface area contributed by atoms with E-state index in [4.69, 9.17) is 4.74 Å². The lowest BCUT2D eigenvalue weighted by molar-refractivity contribution is -0.138. The van der Waals surface area contributed by atoms with Gasteiger partial charge in [0.1, 0.15) is 18.6 Å². The highest BCUT2D eigenvalue weighted by Crippen LogP contribution is 2.33. The van der Waals surface area contributed by atoms with Crippen molar-refractivity contribution in [3.05, 3.63) is 64.7 Å². The highest BCUT2D eigenvalue weighted by molar-refractivity contribution is 5.76. The van der Waals surface area contributed by atoms with E-state index in [1.807, 2.05) is 0 Å². The Balaban J connectivity index is 2.22. The molecule has 24 heavy (non-hydrogen) atoms. The Kier molecular flexibility index (Phi) is 4.86. The third kappa shape index (κ3) is 4.50. The van der Waals surface area contributed by atoms with E-state index in [1.165, 1.54) is 12.1 Å². The van der Waals surface area contributed by atoms with E-state index in [-0.39, 0.29) is 29.8 Å². The maximum absolute atomic E-state index is 12.7. The monoisotopic (exact) mass is 348 g/mol. The number of ether oxygens (including phenoxy) is 1. The molecule has 2 aromatic rings. The van der Waals surface area contributed by atoms with Crippen molar-refractivity contribution in [2.24, 2.45) is 0 Å². The van der Waals surface area contributed by atoms with Crippen LogP contribution in [0.5, 0.6) is 5.75 Å². The van der Waals surface area contributed by atoms with Gasteiger partial charge in [0, 0.05) is 5.56 Å². The van der Waals surface area contributed by atoms with Crippen molar-refractivity contribution in [1.82, 2.24) is 0 Å². The molecule has 2 rings (SSSR count). The zero-order valence-corrected chi connectivity index (χ0v) is 11.9. The van der Waals surface area contributed by atoms with Crippen LogP contribution in [0.4, 0.5) is 26.3 Å². The number of hydrogen-bond donors (Lipinski definition) is 0. The molecule has 8 heteroatoms. The smallest absolute Gasteiger partial charge is 0.416 e. The van der Waals surface area contributed by atoms with Crippen LogP contribution in [0.2, 0.25) is 0 Å². The van der Waals surface area contributed by atoms with E-state index in [9.17, 15) is 31.1 Å². The van der Waals surface area contributed by atoms with Gasteiger partial charge < -0.3 is 4.74 Å². The standard InChI is InChI=1S/C16H10F6O2/c17-15(18,19)12-3-1-2-10(4-12)9-24-14-6-11(8-23)5-13(7-14)16(20,21)22/h1-8H,9H2. The molecule has 2 aromatic carbocycles. The minimum Gasteiger partial charge on any atom is -0.489 e. The molecular weight excluding hydrogens is 338 g/mol. The van der Waals surface area contributed by atoms with Crippen molar-refractivity contribution in [2.45, 2.75) is 19.0 Å². The molecule has 0 fully saturated rings. The Morgan fingerprint density at radius 1 is 0.875 bits per heavy atom. The van der Waals surface area contributed by atoms with Gasteiger partial charge in [-0.25, -0.2) is 0 Å². The fourth-order valence-electron chi connectivity index (χ4n) is 1.94. The third-order valence-corrected chi connectivity index (χ3v) is 3.05. The lowest BCUT2D eigenvalue weighted by Gasteiger charge is -2.12. The number of alkyl halides is 6. The van der Waals surface area contributed by atoms with Gasteiger partial charge in [-0.3, -0.25) is 4.79 Å². The topological polar surface area (TPSA) is 26.3 Å². The van der Waals surface area contributed by atoms with Gasteiger partial charge in [-0.1, -0.05) is 12.1 Å². The Bertz CT molecular complexity index is 734. The van der Waals surface area contributed by atoms with Gasteiger partial charge in [-0.05, 0) is 35.9 Å². The molecule has 0 unspecified atom stereocenters. The number of carbonyl (C=O) groups excluding carboxylic acids is 1. The zero-order valence-electron chi connectivity index (χ0n) is 11.9. The van der Waals surface area contributed by atoms with Gasteiger partial charge in [0.15, 0.2) is 0 Å². The van der Waals surface area contributed by atoms with Crippen molar-refractivity contribution in [1.29, 1.82) is 0 Å². The Morgan fingerprint density at radius 3 is 2.12 bits per heavy atom. The maximum Gasteiger partial charge on any atom is 0.416 e. The van der Waals surface area contributed by atoms with E-state index >= 15 is 0 Å². The third-order valence-electron chi connectivity index (χ3n) is 3.05. The Hall–Kier alpha value is -2.51. The average molecular weight is 348 g/mol. The Morgan fingerprint density at radius 2 is 1.54 bits per heavy atom. The van der Waals surface area contributed by atoms with Gasteiger partial charge in [-0.15, -0.1) is 0 Å². The lowest BCUT2D eigenvalue weighted by atomic mass is 10.1. The van der Waals surface area contributed by atoms with Crippen LogP contribution in [0.1, 0.15) is 27.0 Å². The summed E-state index contributed by atoms with van der Waals surface area (Å²) in [6.07, 6.45) is -8.98. The summed E-state index contributed by atoms with van der Waals surface area (Å²) in [4.78, 5) is 10.7. The average Bonchev–Trinajstić information content (AvgIpc) is 2.51. The van der Waals surface area contributed by atoms with Crippen LogP contribution in [0.25, 0.3) is 0 Å². The first-order valence-electron chi connectivity index (χ1n) is 6.56. The quantitative estimate of drug-likeness (QED) is 0.567.